The lowest BCUT2D eigenvalue weighted by Gasteiger charge is -2.32. The predicted molar refractivity (Wildman–Crippen MR) is 76.9 cm³/mol. The van der Waals surface area contributed by atoms with Gasteiger partial charge < -0.3 is 16.0 Å². The molecule has 1 saturated heterocycles. The summed E-state index contributed by atoms with van der Waals surface area (Å²) in [5.41, 5.74) is 7.23. The number of carbonyl (C=O) groups excluding carboxylic acids is 2. The molecule has 2 heterocycles. The quantitative estimate of drug-likeness (QED) is 0.868. The highest BCUT2D eigenvalue weighted by molar-refractivity contribution is 6.04. The van der Waals surface area contributed by atoms with Crippen LogP contribution in [0.25, 0.3) is 0 Å². The van der Waals surface area contributed by atoms with Crippen LogP contribution in [0.4, 0.5) is 10.1 Å². The fourth-order valence-corrected chi connectivity index (χ4v) is 3.23. The van der Waals surface area contributed by atoms with Gasteiger partial charge in [-0.3, -0.25) is 9.59 Å². The van der Waals surface area contributed by atoms with E-state index in [1.807, 2.05) is 0 Å². The lowest BCUT2D eigenvalue weighted by atomic mass is 10.0. The van der Waals surface area contributed by atoms with E-state index in [0.717, 1.165) is 37.2 Å². The maximum absolute atomic E-state index is 13.2. The van der Waals surface area contributed by atoms with Gasteiger partial charge in [-0.1, -0.05) is 0 Å². The number of nitrogens with one attached hydrogen (secondary N) is 1. The van der Waals surface area contributed by atoms with Crippen molar-refractivity contribution in [2.75, 3.05) is 18.0 Å². The maximum Gasteiger partial charge on any atom is 0.249 e. The smallest absolute Gasteiger partial charge is 0.249 e. The van der Waals surface area contributed by atoms with Gasteiger partial charge in [0.2, 0.25) is 11.8 Å². The van der Waals surface area contributed by atoms with E-state index >= 15 is 0 Å². The van der Waals surface area contributed by atoms with Crippen LogP contribution in [0.1, 0.15) is 34.3 Å². The number of carbonyl (C=O) groups is 2. The summed E-state index contributed by atoms with van der Waals surface area (Å²) in [6.07, 6.45) is 2.02. The highest BCUT2D eigenvalue weighted by Gasteiger charge is 2.34. The summed E-state index contributed by atoms with van der Waals surface area (Å²) in [6.45, 7) is 0.984. The number of rotatable bonds is 3. The molecule has 0 bridgehead atoms. The number of piperidine rings is 1. The molecular weight excluding hydrogens is 273 g/mol. The lowest BCUT2D eigenvalue weighted by Crippen LogP contribution is -2.44. The van der Waals surface area contributed by atoms with E-state index < -0.39 is 12.6 Å². The van der Waals surface area contributed by atoms with Crippen molar-refractivity contribution in [2.45, 2.75) is 32.0 Å². The van der Waals surface area contributed by atoms with Crippen molar-refractivity contribution in [1.29, 1.82) is 0 Å². The van der Waals surface area contributed by atoms with Crippen LogP contribution in [-0.4, -0.2) is 30.9 Å². The Bertz CT molecular complexity index is 597. The molecule has 0 radical (unpaired) electrons. The van der Waals surface area contributed by atoms with Gasteiger partial charge in [-0.25, -0.2) is 4.39 Å². The molecule has 0 aliphatic carbocycles. The number of hydrogen-bond donors (Lipinski definition) is 2. The van der Waals surface area contributed by atoms with Gasteiger partial charge in [-0.05, 0) is 49.2 Å². The molecule has 5 nitrogen and oxygen atoms in total. The van der Waals surface area contributed by atoms with Crippen LogP contribution in [0.2, 0.25) is 0 Å². The molecule has 0 spiro atoms. The average Bonchev–Trinajstić information content (AvgIpc) is 2.81. The standard InChI is InChI=1S/C15H18FN3O2/c16-8-10-6-13-9(5-12(10)15(17)21)7-14(20)19(13)11-1-3-18-4-2-11/h5-6,11,18H,1-4,7-8H2,(H2,17,21). The Morgan fingerprint density at radius 2 is 2.10 bits per heavy atom. The molecule has 2 aliphatic heterocycles. The number of alkyl halides is 1. The van der Waals surface area contributed by atoms with E-state index in [1.54, 1.807) is 17.0 Å². The first kappa shape index (κ1) is 14.0. The molecule has 1 aromatic carbocycles. The first-order valence-electron chi connectivity index (χ1n) is 7.16. The summed E-state index contributed by atoms with van der Waals surface area (Å²) in [6, 6.07) is 3.33. The molecule has 0 unspecified atom stereocenters. The largest absolute Gasteiger partial charge is 0.366 e. The number of hydrogen-bond acceptors (Lipinski definition) is 3. The average molecular weight is 291 g/mol. The van der Waals surface area contributed by atoms with Gasteiger partial charge in [-0.2, -0.15) is 0 Å². The Morgan fingerprint density at radius 3 is 2.71 bits per heavy atom. The van der Waals surface area contributed by atoms with Gasteiger partial charge in [0, 0.05) is 17.3 Å². The lowest BCUT2D eigenvalue weighted by molar-refractivity contribution is -0.117. The molecule has 1 aromatic rings. The van der Waals surface area contributed by atoms with E-state index in [4.69, 9.17) is 5.73 Å². The predicted octanol–water partition coefficient (Wildman–Crippen LogP) is 0.896. The summed E-state index contributed by atoms with van der Waals surface area (Å²) in [4.78, 5) is 25.5. The van der Waals surface area contributed by atoms with Gasteiger partial charge in [0.15, 0.2) is 0 Å². The SMILES string of the molecule is NC(=O)c1cc2c(cc1CF)N(C1CCNCC1)C(=O)C2. The molecule has 0 aromatic heterocycles. The van der Waals surface area contributed by atoms with Gasteiger partial charge in [0.25, 0.3) is 0 Å². The van der Waals surface area contributed by atoms with E-state index in [-0.39, 0.29) is 29.5 Å². The molecule has 2 amide bonds. The summed E-state index contributed by atoms with van der Waals surface area (Å²) in [7, 11) is 0. The normalized spacial score (nSPS) is 18.9. The zero-order valence-electron chi connectivity index (χ0n) is 11.7. The van der Waals surface area contributed by atoms with Crippen molar-refractivity contribution < 1.29 is 14.0 Å². The van der Waals surface area contributed by atoms with Crippen molar-refractivity contribution in [3.8, 4) is 0 Å². The zero-order chi connectivity index (χ0) is 15.0. The summed E-state index contributed by atoms with van der Waals surface area (Å²) < 4.78 is 13.2. The first-order chi connectivity index (χ1) is 10.1. The Labute approximate surface area is 122 Å². The second kappa shape index (κ2) is 5.44. The molecule has 21 heavy (non-hydrogen) atoms. The molecule has 2 aliphatic rings. The van der Waals surface area contributed by atoms with Crippen LogP contribution in [0, 0.1) is 0 Å². The Kier molecular flexibility index (Phi) is 3.63. The topological polar surface area (TPSA) is 75.4 Å². The number of nitrogens with zero attached hydrogens (tertiary/aromatic N) is 1. The summed E-state index contributed by atoms with van der Waals surface area (Å²) in [5, 5.41) is 3.26. The van der Waals surface area contributed by atoms with Crippen LogP contribution in [0.5, 0.6) is 0 Å². The minimum Gasteiger partial charge on any atom is -0.366 e. The number of fused-ring (bicyclic) bond motifs is 1. The van der Waals surface area contributed by atoms with E-state index in [2.05, 4.69) is 5.32 Å². The third kappa shape index (κ3) is 2.40. The van der Waals surface area contributed by atoms with Gasteiger partial charge in [-0.15, -0.1) is 0 Å². The Hall–Kier alpha value is -1.95. The number of amides is 2. The zero-order valence-corrected chi connectivity index (χ0v) is 11.7. The molecule has 3 N–H and O–H groups in total. The van der Waals surface area contributed by atoms with Crippen LogP contribution in [0.3, 0.4) is 0 Å². The molecule has 3 rings (SSSR count). The third-order valence-corrected chi connectivity index (χ3v) is 4.26. The number of primary amides is 1. The van der Waals surface area contributed by atoms with Crippen molar-refractivity contribution in [1.82, 2.24) is 5.32 Å². The van der Waals surface area contributed by atoms with Crippen LogP contribution in [0.15, 0.2) is 12.1 Å². The van der Waals surface area contributed by atoms with Crippen molar-refractivity contribution in [3.63, 3.8) is 0 Å². The van der Waals surface area contributed by atoms with Crippen molar-refractivity contribution in [2.24, 2.45) is 5.73 Å². The number of nitrogens with two attached hydrogens (primary N) is 1. The molecule has 112 valence electrons. The second-order valence-electron chi connectivity index (χ2n) is 5.56. The minimum atomic E-state index is -0.764. The Balaban J connectivity index is 2.01. The van der Waals surface area contributed by atoms with Gasteiger partial charge in [0.1, 0.15) is 6.67 Å². The molecule has 6 heteroatoms. The summed E-state index contributed by atoms with van der Waals surface area (Å²) >= 11 is 0. The second-order valence-corrected chi connectivity index (χ2v) is 5.56. The fraction of sp³-hybridized carbons (Fsp3) is 0.467. The third-order valence-electron chi connectivity index (χ3n) is 4.26. The van der Waals surface area contributed by atoms with E-state index in [0.29, 0.717) is 0 Å². The van der Waals surface area contributed by atoms with Crippen molar-refractivity contribution >= 4 is 17.5 Å². The van der Waals surface area contributed by atoms with Gasteiger partial charge >= 0.3 is 0 Å². The highest BCUT2D eigenvalue weighted by atomic mass is 19.1. The number of halogens is 1. The van der Waals surface area contributed by atoms with Gasteiger partial charge in [0.05, 0.1) is 6.42 Å². The fourth-order valence-electron chi connectivity index (χ4n) is 3.23. The molecule has 0 saturated carbocycles. The van der Waals surface area contributed by atoms with Crippen LogP contribution < -0.4 is 16.0 Å². The van der Waals surface area contributed by atoms with Crippen LogP contribution in [-0.2, 0) is 17.9 Å². The monoisotopic (exact) mass is 291 g/mol. The molecular formula is C15H18FN3O2. The Morgan fingerprint density at radius 1 is 1.38 bits per heavy atom. The van der Waals surface area contributed by atoms with Crippen LogP contribution >= 0.6 is 0 Å². The highest BCUT2D eigenvalue weighted by Crippen LogP contribution is 2.35. The molecule has 1 fully saturated rings. The van der Waals surface area contributed by atoms with E-state index in [1.165, 1.54) is 0 Å². The number of benzene rings is 1. The van der Waals surface area contributed by atoms with E-state index in [9.17, 15) is 14.0 Å². The van der Waals surface area contributed by atoms with Crippen molar-refractivity contribution in [3.05, 3.63) is 28.8 Å². The minimum absolute atomic E-state index is 0.0170. The number of anilines is 1. The maximum atomic E-state index is 13.2. The summed E-state index contributed by atoms with van der Waals surface area (Å²) in [5.74, 6) is -0.637. The molecule has 0 atom stereocenters. The first-order valence-corrected chi connectivity index (χ1v) is 7.16.